The lowest BCUT2D eigenvalue weighted by atomic mass is 9.85. The van der Waals surface area contributed by atoms with Crippen LogP contribution in [0.1, 0.15) is 38.4 Å². The van der Waals surface area contributed by atoms with E-state index >= 15 is 0 Å². The number of aromatic nitrogens is 1. The number of carbonyl (C=O) groups is 3. The number of benzene rings is 1. The van der Waals surface area contributed by atoms with Gasteiger partial charge in [-0.05, 0) is 29.0 Å². The molecular weight excluding hydrogens is 522 g/mol. The number of β-amino-alcohol motifs (C(OH)–C–C–N with tert-alkyl or cyclic N) is 1. The molecule has 39 heavy (non-hydrogen) atoms. The Morgan fingerprint density at radius 2 is 2.03 bits per heavy atom. The van der Waals surface area contributed by atoms with Gasteiger partial charge in [-0.1, -0.05) is 50.2 Å². The van der Waals surface area contributed by atoms with Gasteiger partial charge in [-0.2, -0.15) is 0 Å². The largest absolute Gasteiger partial charge is 0.391 e. The number of nitrogens with one attached hydrogen (secondary N) is 2. The highest BCUT2D eigenvalue weighted by Crippen LogP contribution is 2.28. The molecular formula is C26H35N7O5S. The summed E-state index contributed by atoms with van der Waals surface area (Å²) in [5, 5.41) is 19.2. The predicted octanol–water partition coefficient (Wildman–Crippen LogP) is 2.55. The number of carbonyl (C=O) groups excluding carboxylic acids is 3. The summed E-state index contributed by atoms with van der Waals surface area (Å²) < 4.78 is 5.19. The molecule has 13 heteroatoms. The zero-order valence-corrected chi connectivity index (χ0v) is 23.4. The number of hydrogen-bond acceptors (Lipinski definition) is 8. The van der Waals surface area contributed by atoms with Gasteiger partial charge >= 0.3 is 0 Å². The van der Waals surface area contributed by atoms with Gasteiger partial charge in [0.25, 0.3) is 0 Å². The Morgan fingerprint density at radius 3 is 2.64 bits per heavy atom. The number of nitrogens with zero attached hydrogens (tertiary/aromatic N) is 5. The minimum Gasteiger partial charge on any atom is -0.391 e. The molecule has 0 saturated carbocycles. The van der Waals surface area contributed by atoms with Gasteiger partial charge in [0.05, 0.1) is 28.8 Å². The van der Waals surface area contributed by atoms with Gasteiger partial charge in [-0.15, -0.1) is 11.3 Å². The summed E-state index contributed by atoms with van der Waals surface area (Å²) in [5.74, 6) is -1.34. The highest BCUT2D eigenvalue weighted by molar-refractivity contribution is 7.13. The van der Waals surface area contributed by atoms with Gasteiger partial charge in [0.15, 0.2) is 0 Å². The van der Waals surface area contributed by atoms with E-state index in [1.54, 1.807) is 37.6 Å². The monoisotopic (exact) mass is 557 g/mol. The second-order valence-corrected chi connectivity index (χ2v) is 11.3. The first-order valence-electron chi connectivity index (χ1n) is 12.6. The Kier molecular flexibility index (Phi) is 10.4. The van der Waals surface area contributed by atoms with Crippen molar-refractivity contribution < 1.29 is 24.2 Å². The van der Waals surface area contributed by atoms with Crippen LogP contribution < -0.4 is 10.6 Å². The molecule has 3 amide bonds. The molecule has 3 N–H and O–H groups in total. The fraction of sp³-hybridized carbons (Fsp3) is 0.538. The van der Waals surface area contributed by atoms with Crippen LogP contribution in [0.25, 0.3) is 20.9 Å². The molecule has 1 saturated heterocycles. The van der Waals surface area contributed by atoms with E-state index in [0.29, 0.717) is 0 Å². The summed E-state index contributed by atoms with van der Waals surface area (Å²) in [7, 11) is 0. The van der Waals surface area contributed by atoms with Crippen molar-refractivity contribution in [3.63, 3.8) is 0 Å². The molecule has 12 nitrogen and oxygen atoms in total. The Bertz CT molecular complexity index is 1200. The summed E-state index contributed by atoms with van der Waals surface area (Å²) in [6.45, 7) is 7.47. The van der Waals surface area contributed by atoms with Crippen LogP contribution in [0.4, 0.5) is 0 Å². The maximum Gasteiger partial charge on any atom is 0.246 e. The predicted molar refractivity (Wildman–Crippen MR) is 146 cm³/mol. The van der Waals surface area contributed by atoms with E-state index < -0.39 is 35.4 Å². The highest BCUT2D eigenvalue weighted by atomic mass is 32.1. The average Bonchev–Trinajstić information content (AvgIpc) is 3.50. The topological polar surface area (TPSA) is 170 Å². The third-order valence-electron chi connectivity index (χ3n) is 6.34. The number of hydrogen-bond donors (Lipinski definition) is 3. The normalized spacial score (nSPS) is 17.8. The molecule has 2 heterocycles. The van der Waals surface area contributed by atoms with Crippen molar-refractivity contribution in [2.45, 2.75) is 58.8 Å². The smallest absolute Gasteiger partial charge is 0.246 e. The minimum absolute atomic E-state index is 0.00900. The summed E-state index contributed by atoms with van der Waals surface area (Å²) >= 11 is 1.57. The van der Waals surface area contributed by atoms with Crippen molar-refractivity contribution in [3.8, 4) is 10.4 Å². The molecule has 1 aromatic carbocycles. The summed E-state index contributed by atoms with van der Waals surface area (Å²) in [6, 6.07) is 6.01. The van der Waals surface area contributed by atoms with E-state index in [1.165, 1.54) is 4.90 Å². The molecule has 0 unspecified atom stereocenters. The SMILES string of the molecule is Cc1ncsc1-c1ccc(CNC(=O)[C@@H]2C[C@@H](O)CN2C(=O)[C@@H](NC(=O)COCCN=[N+]=[N-])C(C)(C)C)cc1. The van der Waals surface area contributed by atoms with Crippen molar-refractivity contribution in [2.24, 2.45) is 10.5 Å². The number of azide groups is 1. The molecule has 2 aromatic rings. The molecule has 1 aliphatic heterocycles. The Morgan fingerprint density at radius 1 is 1.31 bits per heavy atom. The lowest BCUT2D eigenvalue weighted by molar-refractivity contribution is -0.144. The Balaban J connectivity index is 1.62. The molecule has 210 valence electrons. The lowest BCUT2D eigenvalue weighted by Gasteiger charge is -2.35. The van der Waals surface area contributed by atoms with E-state index in [-0.39, 0.29) is 45.2 Å². The number of likely N-dealkylation sites (tertiary alicyclic amines) is 1. The summed E-state index contributed by atoms with van der Waals surface area (Å²) in [4.78, 5) is 48.5. The van der Waals surface area contributed by atoms with E-state index in [4.69, 9.17) is 10.3 Å². The molecule has 1 fully saturated rings. The van der Waals surface area contributed by atoms with E-state index in [0.717, 1.165) is 21.7 Å². The van der Waals surface area contributed by atoms with E-state index in [1.807, 2.05) is 31.2 Å². The number of aliphatic hydroxyl groups excluding tert-OH is 1. The summed E-state index contributed by atoms with van der Waals surface area (Å²) in [6.07, 6.45) is -0.749. The number of thiazole rings is 1. The zero-order chi connectivity index (χ0) is 28.6. The van der Waals surface area contributed by atoms with Crippen LogP contribution in [0, 0.1) is 12.3 Å². The lowest BCUT2D eigenvalue weighted by Crippen LogP contribution is -2.58. The van der Waals surface area contributed by atoms with Crippen molar-refractivity contribution >= 4 is 29.1 Å². The van der Waals surface area contributed by atoms with Crippen LogP contribution in [0.3, 0.4) is 0 Å². The molecule has 1 aromatic heterocycles. The third-order valence-corrected chi connectivity index (χ3v) is 7.32. The third kappa shape index (κ3) is 8.24. The zero-order valence-electron chi connectivity index (χ0n) is 22.6. The maximum absolute atomic E-state index is 13.6. The van der Waals surface area contributed by atoms with Crippen LogP contribution in [0.5, 0.6) is 0 Å². The molecule has 0 bridgehead atoms. The fourth-order valence-electron chi connectivity index (χ4n) is 4.30. The maximum atomic E-state index is 13.6. The van der Waals surface area contributed by atoms with Crippen LogP contribution in [0.15, 0.2) is 34.9 Å². The number of amides is 3. The van der Waals surface area contributed by atoms with Crippen LogP contribution in [0.2, 0.25) is 0 Å². The molecule has 0 radical (unpaired) electrons. The van der Waals surface area contributed by atoms with Crippen molar-refractivity contribution in [1.82, 2.24) is 20.5 Å². The second kappa shape index (κ2) is 13.5. The number of aryl methyl sites for hydroxylation is 1. The van der Waals surface area contributed by atoms with Gasteiger partial charge in [-0.3, -0.25) is 14.4 Å². The molecule has 1 aliphatic rings. The number of ether oxygens (including phenoxy) is 1. The van der Waals surface area contributed by atoms with Crippen molar-refractivity contribution in [1.29, 1.82) is 0 Å². The first-order valence-corrected chi connectivity index (χ1v) is 13.5. The number of rotatable bonds is 11. The van der Waals surface area contributed by atoms with Gasteiger partial charge < -0.3 is 25.4 Å². The first kappa shape index (κ1) is 30.0. The molecule has 0 spiro atoms. The molecule has 3 atom stereocenters. The highest BCUT2D eigenvalue weighted by Gasteiger charge is 2.44. The average molecular weight is 558 g/mol. The number of aliphatic hydroxyl groups is 1. The van der Waals surface area contributed by atoms with Gasteiger partial charge in [0, 0.05) is 31.0 Å². The Hall–Kier alpha value is -3.51. The van der Waals surface area contributed by atoms with Crippen molar-refractivity contribution in [3.05, 3.63) is 51.5 Å². The van der Waals surface area contributed by atoms with Crippen LogP contribution in [-0.2, 0) is 25.7 Å². The van der Waals surface area contributed by atoms with Crippen molar-refractivity contribution in [2.75, 3.05) is 26.3 Å². The Labute approximate surface area is 231 Å². The molecule has 3 rings (SSSR count). The fourth-order valence-corrected chi connectivity index (χ4v) is 5.11. The molecule has 0 aliphatic carbocycles. The van der Waals surface area contributed by atoms with E-state index in [9.17, 15) is 19.5 Å². The first-order chi connectivity index (χ1) is 18.5. The minimum atomic E-state index is -0.950. The van der Waals surface area contributed by atoms with Crippen LogP contribution in [-0.4, -0.2) is 77.2 Å². The van der Waals surface area contributed by atoms with Gasteiger partial charge in [0.2, 0.25) is 17.7 Å². The second-order valence-electron chi connectivity index (χ2n) is 10.5. The standard InChI is InChI=1S/C26H35N7O5S/c1-16-22(39-15-29-16)18-7-5-17(6-8-18)12-28-24(36)20-11-19(34)13-33(20)25(37)23(26(2,3)4)31-21(35)14-38-10-9-30-32-27/h5-8,15,19-20,23,34H,9-14H2,1-4H3,(H,28,36)(H,31,35)/t19-,20+,23-/m1/s1. The van der Waals surface area contributed by atoms with E-state index in [2.05, 4.69) is 25.6 Å². The summed E-state index contributed by atoms with van der Waals surface area (Å²) in [5.41, 5.74) is 12.3. The van der Waals surface area contributed by atoms with Gasteiger partial charge in [-0.25, -0.2) is 4.98 Å². The quantitative estimate of drug-likeness (QED) is 0.166. The van der Waals surface area contributed by atoms with Crippen LogP contribution >= 0.6 is 11.3 Å². The van der Waals surface area contributed by atoms with Gasteiger partial charge in [0.1, 0.15) is 18.7 Å².